The Labute approximate surface area is 115 Å². The van der Waals surface area contributed by atoms with Crippen molar-refractivity contribution in [2.45, 2.75) is 6.54 Å². The van der Waals surface area contributed by atoms with E-state index >= 15 is 0 Å². The Morgan fingerprint density at radius 2 is 2.11 bits per heavy atom. The molecule has 96 valence electrons. The second kappa shape index (κ2) is 6.92. The third kappa shape index (κ3) is 5.11. The number of carboxylic acid groups (broad SMARTS) is 1. The van der Waals surface area contributed by atoms with Gasteiger partial charge in [-0.05, 0) is 27.4 Å². The highest BCUT2D eigenvalue weighted by Crippen LogP contribution is 2.21. The van der Waals surface area contributed by atoms with Crippen LogP contribution in [-0.2, 0) is 16.1 Å². The van der Waals surface area contributed by atoms with Crippen LogP contribution >= 0.6 is 27.3 Å². The summed E-state index contributed by atoms with van der Waals surface area (Å²) < 4.78 is 0.880. The van der Waals surface area contributed by atoms with Crippen LogP contribution in [0.5, 0.6) is 0 Å². The lowest BCUT2D eigenvalue weighted by molar-refractivity contribution is -0.131. The Morgan fingerprint density at radius 1 is 1.39 bits per heavy atom. The van der Waals surface area contributed by atoms with Gasteiger partial charge in [0.05, 0.1) is 6.54 Å². The van der Waals surface area contributed by atoms with E-state index in [0.29, 0.717) is 6.08 Å². The fourth-order valence-corrected chi connectivity index (χ4v) is 2.39. The van der Waals surface area contributed by atoms with Crippen LogP contribution in [0, 0.1) is 0 Å². The number of hydrogen-bond acceptors (Lipinski definition) is 4. The van der Waals surface area contributed by atoms with Gasteiger partial charge in [-0.2, -0.15) is 0 Å². The minimum Gasteiger partial charge on any atom is -0.478 e. The van der Waals surface area contributed by atoms with Gasteiger partial charge in [-0.25, -0.2) is 9.59 Å². The molecule has 3 N–H and O–H groups in total. The molecule has 0 fully saturated rings. The molecule has 3 amide bonds. The molecule has 0 radical (unpaired) electrons. The average molecular weight is 333 g/mol. The number of thiophene rings is 1. The summed E-state index contributed by atoms with van der Waals surface area (Å²) in [5, 5.41) is 14.6. The summed E-state index contributed by atoms with van der Waals surface area (Å²) in [6.45, 7) is 0.278. The molecule has 0 aliphatic heterocycles. The second-order valence-electron chi connectivity index (χ2n) is 3.04. The Bertz CT molecular complexity index is 498. The highest BCUT2D eigenvalue weighted by atomic mass is 79.9. The van der Waals surface area contributed by atoms with E-state index in [1.165, 1.54) is 11.3 Å². The van der Waals surface area contributed by atoms with E-state index in [2.05, 4.69) is 21.2 Å². The number of nitrogens with one attached hydrogen (secondary N) is 2. The minimum atomic E-state index is -1.26. The fraction of sp³-hybridized carbons (Fsp3) is 0.100. The maximum atomic E-state index is 11.3. The SMILES string of the molecule is O=C(O)C=CC(=O)NC(=O)NCc1sccc1Br. The molecule has 0 saturated heterocycles. The Hall–Kier alpha value is -1.67. The number of rotatable bonds is 4. The van der Waals surface area contributed by atoms with Gasteiger partial charge < -0.3 is 10.4 Å². The molecule has 1 rings (SSSR count). The molecule has 0 atom stereocenters. The number of urea groups is 1. The number of imide groups is 1. The first-order valence-electron chi connectivity index (χ1n) is 4.70. The summed E-state index contributed by atoms with van der Waals surface area (Å²) in [5.41, 5.74) is 0. The lowest BCUT2D eigenvalue weighted by atomic mass is 10.4. The van der Waals surface area contributed by atoms with E-state index in [-0.39, 0.29) is 6.54 Å². The molecule has 0 bridgehead atoms. The van der Waals surface area contributed by atoms with E-state index in [1.807, 2.05) is 16.8 Å². The molecular formula is C10H9BrN2O4S. The van der Waals surface area contributed by atoms with Crippen LogP contribution in [0.15, 0.2) is 28.1 Å². The van der Waals surface area contributed by atoms with Crippen LogP contribution < -0.4 is 10.6 Å². The zero-order chi connectivity index (χ0) is 13.5. The molecule has 8 heteroatoms. The van der Waals surface area contributed by atoms with Gasteiger partial charge in [0, 0.05) is 21.5 Å². The summed E-state index contributed by atoms with van der Waals surface area (Å²) in [4.78, 5) is 33.4. The van der Waals surface area contributed by atoms with Crippen molar-refractivity contribution in [1.29, 1.82) is 0 Å². The van der Waals surface area contributed by atoms with E-state index < -0.39 is 17.9 Å². The third-order valence-electron chi connectivity index (χ3n) is 1.71. The zero-order valence-corrected chi connectivity index (χ0v) is 11.4. The predicted molar refractivity (Wildman–Crippen MR) is 69.2 cm³/mol. The standard InChI is InChI=1S/C10H9BrN2O4S/c11-6-3-4-18-7(6)5-12-10(17)13-8(14)1-2-9(15)16/h1-4H,5H2,(H,15,16)(H2,12,13,14,17). The van der Waals surface area contributed by atoms with Crippen LogP contribution in [-0.4, -0.2) is 23.0 Å². The highest BCUT2D eigenvalue weighted by molar-refractivity contribution is 9.10. The maximum absolute atomic E-state index is 11.3. The van der Waals surface area contributed by atoms with Gasteiger partial charge in [-0.3, -0.25) is 10.1 Å². The van der Waals surface area contributed by atoms with Gasteiger partial charge in [0.15, 0.2) is 0 Å². The summed E-state index contributed by atoms with van der Waals surface area (Å²) >= 11 is 4.76. The van der Waals surface area contributed by atoms with Crippen molar-refractivity contribution < 1.29 is 19.5 Å². The average Bonchev–Trinajstić information content (AvgIpc) is 2.69. The second-order valence-corrected chi connectivity index (χ2v) is 4.89. The van der Waals surface area contributed by atoms with Crippen LogP contribution in [0.1, 0.15) is 4.88 Å². The quantitative estimate of drug-likeness (QED) is 0.727. The number of carbonyl (C=O) groups excluding carboxylic acids is 2. The van der Waals surface area contributed by atoms with Gasteiger partial charge in [-0.1, -0.05) is 0 Å². The first-order valence-corrected chi connectivity index (χ1v) is 6.38. The van der Waals surface area contributed by atoms with Crippen molar-refractivity contribution in [3.63, 3.8) is 0 Å². The number of hydrogen-bond donors (Lipinski definition) is 3. The summed E-state index contributed by atoms with van der Waals surface area (Å²) in [7, 11) is 0. The first-order chi connectivity index (χ1) is 8.49. The molecule has 1 aromatic rings. The molecule has 0 unspecified atom stereocenters. The van der Waals surface area contributed by atoms with Crippen LogP contribution in [0.2, 0.25) is 0 Å². The zero-order valence-electron chi connectivity index (χ0n) is 8.97. The maximum Gasteiger partial charge on any atom is 0.328 e. The Kier molecular flexibility index (Phi) is 5.53. The molecule has 0 aliphatic rings. The predicted octanol–water partition coefficient (Wildman–Crippen LogP) is 1.48. The summed E-state index contributed by atoms with van der Waals surface area (Å²) in [6.07, 6.45) is 1.42. The van der Waals surface area contributed by atoms with Gasteiger partial charge in [0.25, 0.3) is 5.91 Å². The molecule has 0 aliphatic carbocycles. The van der Waals surface area contributed by atoms with Crippen molar-refractivity contribution in [2.24, 2.45) is 0 Å². The molecule has 0 saturated carbocycles. The Balaban J connectivity index is 2.36. The number of carboxylic acids is 1. The van der Waals surface area contributed by atoms with Gasteiger partial charge in [0.1, 0.15) is 0 Å². The van der Waals surface area contributed by atoms with Gasteiger partial charge in [0.2, 0.25) is 0 Å². The lowest BCUT2D eigenvalue weighted by Gasteiger charge is -2.03. The molecule has 0 aromatic carbocycles. The van der Waals surface area contributed by atoms with Crippen LogP contribution in [0.25, 0.3) is 0 Å². The van der Waals surface area contributed by atoms with Crippen molar-refractivity contribution in [1.82, 2.24) is 10.6 Å². The molecule has 6 nitrogen and oxygen atoms in total. The molecule has 0 spiro atoms. The van der Waals surface area contributed by atoms with Crippen LogP contribution in [0.3, 0.4) is 0 Å². The Morgan fingerprint density at radius 3 is 2.67 bits per heavy atom. The highest BCUT2D eigenvalue weighted by Gasteiger charge is 2.06. The van der Waals surface area contributed by atoms with Crippen molar-refractivity contribution in [3.05, 3.63) is 32.9 Å². The van der Waals surface area contributed by atoms with E-state index in [4.69, 9.17) is 5.11 Å². The van der Waals surface area contributed by atoms with E-state index in [9.17, 15) is 14.4 Å². The lowest BCUT2D eigenvalue weighted by Crippen LogP contribution is -2.38. The van der Waals surface area contributed by atoms with Crippen molar-refractivity contribution in [2.75, 3.05) is 0 Å². The molecule has 1 aromatic heterocycles. The van der Waals surface area contributed by atoms with E-state index in [0.717, 1.165) is 15.4 Å². The molecule has 1 heterocycles. The van der Waals surface area contributed by atoms with Gasteiger partial charge >= 0.3 is 12.0 Å². The summed E-state index contributed by atoms with van der Waals surface area (Å²) in [5.74, 6) is -2.05. The van der Waals surface area contributed by atoms with Gasteiger partial charge in [-0.15, -0.1) is 11.3 Å². The minimum absolute atomic E-state index is 0.278. The van der Waals surface area contributed by atoms with Crippen LogP contribution in [0.4, 0.5) is 4.79 Å². The first kappa shape index (κ1) is 14.4. The molecular weight excluding hydrogens is 324 g/mol. The smallest absolute Gasteiger partial charge is 0.328 e. The monoisotopic (exact) mass is 332 g/mol. The van der Waals surface area contributed by atoms with Crippen molar-refractivity contribution in [3.8, 4) is 0 Å². The topological polar surface area (TPSA) is 95.5 Å². The van der Waals surface area contributed by atoms with E-state index in [1.54, 1.807) is 0 Å². The number of amides is 3. The third-order valence-corrected chi connectivity index (χ3v) is 3.64. The molecule has 18 heavy (non-hydrogen) atoms. The van der Waals surface area contributed by atoms with Crippen molar-refractivity contribution >= 4 is 45.2 Å². The normalized spacial score (nSPS) is 10.3. The number of aliphatic carboxylic acids is 1. The number of halogens is 1. The largest absolute Gasteiger partial charge is 0.478 e. The fourth-order valence-electron chi connectivity index (χ4n) is 0.957. The number of carbonyl (C=O) groups is 3. The summed E-state index contributed by atoms with van der Waals surface area (Å²) in [6, 6.07) is 1.16.